The van der Waals surface area contributed by atoms with Gasteiger partial charge in [0.2, 0.25) is 0 Å². The van der Waals surface area contributed by atoms with Crippen LogP contribution < -0.4 is 4.74 Å². The summed E-state index contributed by atoms with van der Waals surface area (Å²) in [6, 6.07) is 7.57. The molecule has 4 nitrogen and oxygen atoms in total. The SMILES string of the molecule is CCC1CN(CC(O)c2cccc(OC)c2)CCC1O. The molecule has 0 amide bonds. The Hall–Kier alpha value is -1.10. The minimum atomic E-state index is -0.516. The number of hydrogen-bond acceptors (Lipinski definition) is 4. The number of aliphatic hydroxyl groups is 2. The van der Waals surface area contributed by atoms with Crippen molar-refractivity contribution in [2.45, 2.75) is 32.0 Å². The summed E-state index contributed by atoms with van der Waals surface area (Å²) in [5.74, 6) is 1.09. The first-order valence-corrected chi connectivity index (χ1v) is 7.36. The second kappa shape index (κ2) is 7.07. The van der Waals surface area contributed by atoms with Gasteiger partial charge in [-0.15, -0.1) is 0 Å². The van der Waals surface area contributed by atoms with E-state index < -0.39 is 6.10 Å². The minimum absolute atomic E-state index is 0.190. The normalized spacial score (nSPS) is 25.4. The molecule has 0 aliphatic carbocycles. The molecule has 0 aromatic heterocycles. The molecule has 1 saturated heterocycles. The molecular weight excluding hydrogens is 254 g/mol. The predicted octanol–water partition coefficient (Wildman–Crippen LogP) is 1.82. The first-order chi connectivity index (χ1) is 9.63. The summed E-state index contributed by atoms with van der Waals surface area (Å²) < 4.78 is 5.19. The first-order valence-electron chi connectivity index (χ1n) is 7.36. The number of aliphatic hydroxyl groups excluding tert-OH is 2. The third kappa shape index (κ3) is 3.72. The van der Waals surface area contributed by atoms with Gasteiger partial charge in [-0.25, -0.2) is 0 Å². The molecule has 2 rings (SSSR count). The maximum atomic E-state index is 10.4. The van der Waals surface area contributed by atoms with E-state index in [0.717, 1.165) is 37.2 Å². The lowest BCUT2D eigenvalue weighted by Crippen LogP contribution is -2.44. The van der Waals surface area contributed by atoms with Crippen LogP contribution in [-0.4, -0.2) is 48.0 Å². The van der Waals surface area contributed by atoms with Crippen molar-refractivity contribution in [2.75, 3.05) is 26.7 Å². The van der Waals surface area contributed by atoms with E-state index in [9.17, 15) is 10.2 Å². The highest BCUT2D eigenvalue weighted by molar-refractivity contribution is 5.29. The van der Waals surface area contributed by atoms with E-state index in [-0.39, 0.29) is 6.10 Å². The van der Waals surface area contributed by atoms with Gasteiger partial charge in [-0.3, -0.25) is 4.90 Å². The van der Waals surface area contributed by atoms with Gasteiger partial charge in [-0.1, -0.05) is 19.1 Å². The van der Waals surface area contributed by atoms with E-state index in [1.54, 1.807) is 7.11 Å². The summed E-state index contributed by atoms with van der Waals surface area (Å²) in [4.78, 5) is 2.24. The fraction of sp³-hybridized carbons (Fsp3) is 0.625. The van der Waals surface area contributed by atoms with Gasteiger partial charge in [0.25, 0.3) is 0 Å². The van der Waals surface area contributed by atoms with Crippen molar-refractivity contribution < 1.29 is 14.9 Å². The van der Waals surface area contributed by atoms with Gasteiger partial charge in [0.1, 0.15) is 5.75 Å². The lowest BCUT2D eigenvalue weighted by molar-refractivity contribution is 0.00671. The molecule has 1 aliphatic rings. The Labute approximate surface area is 121 Å². The van der Waals surface area contributed by atoms with Crippen LogP contribution in [0.25, 0.3) is 0 Å². The van der Waals surface area contributed by atoms with E-state index in [4.69, 9.17) is 4.74 Å². The number of benzene rings is 1. The summed E-state index contributed by atoms with van der Waals surface area (Å²) in [5.41, 5.74) is 0.878. The smallest absolute Gasteiger partial charge is 0.119 e. The van der Waals surface area contributed by atoms with Gasteiger partial charge >= 0.3 is 0 Å². The Kier molecular flexibility index (Phi) is 5.40. The van der Waals surface area contributed by atoms with Crippen molar-refractivity contribution in [3.8, 4) is 5.75 Å². The average molecular weight is 279 g/mol. The molecule has 4 heteroatoms. The van der Waals surface area contributed by atoms with Crippen molar-refractivity contribution in [2.24, 2.45) is 5.92 Å². The maximum Gasteiger partial charge on any atom is 0.119 e. The molecule has 0 saturated carbocycles. The zero-order chi connectivity index (χ0) is 14.5. The van der Waals surface area contributed by atoms with E-state index in [2.05, 4.69) is 11.8 Å². The van der Waals surface area contributed by atoms with Crippen LogP contribution in [0, 0.1) is 5.92 Å². The van der Waals surface area contributed by atoms with Crippen molar-refractivity contribution in [3.05, 3.63) is 29.8 Å². The zero-order valence-corrected chi connectivity index (χ0v) is 12.3. The van der Waals surface area contributed by atoms with Gasteiger partial charge in [0.15, 0.2) is 0 Å². The summed E-state index contributed by atoms with van der Waals surface area (Å²) in [7, 11) is 1.63. The Morgan fingerprint density at radius 3 is 2.95 bits per heavy atom. The van der Waals surface area contributed by atoms with E-state index in [1.807, 2.05) is 24.3 Å². The van der Waals surface area contributed by atoms with Crippen molar-refractivity contribution >= 4 is 0 Å². The lowest BCUT2D eigenvalue weighted by atomic mass is 9.92. The van der Waals surface area contributed by atoms with Gasteiger partial charge in [0.05, 0.1) is 19.3 Å². The molecule has 1 aromatic rings. The second-order valence-corrected chi connectivity index (χ2v) is 5.58. The van der Waals surface area contributed by atoms with Crippen LogP contribution >= 0.6 is 0 Å². The number of nitrogens with zero attached hydrogens (tertiary/aromatic N) is 1. The third-order valence-corrected chi connectivity index (χ3v) is 4.21. The largest absolute Gasteiger partial charge is 0.497 e. The summed E-state index contributed by atoms with van der Waals surface area (Å²) in [6.45, 7) is 4.42. The molecule has 1 fully saturated rings. The topological polar surface area (TPSA) is 52.9 Å². The summed E-state index contributed by atoms with van der Waals surface area (Å²) in [6.07, 6.45) is 1.07. The van der Waals surface area contributed by atoms with Gasteiger partial charge in [-0.2, -0.15) is 0 Å². The Balaban J connectivity index is 1.95. The van der Waals surface area contributed by atoms with Crippen LogP contribution in [0.3, 0.4) is 0 Å². The average Bonchev–Trinajstić information content (AvgIpc) is 2.49. The number of piperidine rings is 1. The first kappa shape index (κ1) is 15.3. The maximum absolute atomic E-state index is 10.4. The monoisotopic (exact) mass is 279 g/mol. The van der Waals surface area contributed by atoms with Crippen LogP contribution in [0.4, 0.5) is 0 Å². The number of rotatable bonds is 5. The fourth-order valence-electron chi connectivity index (χ4n) is 2.86. The highest BCUT2D eigenvalue weighted by Gasteiger charge is 2.27. The molecule has 2 N–H and O–H groups in total. The third-order valence-electron chi connectivity index (χ3n) is 4.21. The van der Waals surface area contributed by atoms with Crippen LogP contribution in [0.5, 0.6) is 5.75 Å². The predicted molar refractivity (Wildman–Crippen MR) is 78.8 cm³/mol. The van der Waals surface area contributed by atoms with Crippen LogP contribution in [0.15, 0.2) is 24.3 Å². The molecule has 3 atom stereocenters. The highest BCUT2D eigenvalue weighted by Crippen LogP contribution is 2.24. The molecule has 0 spiro atoms. The molecule has 20 heavy (non-hydrogen) atoms. The van der Waals surface area contributed by atoms with E-state index in [1.165, 1.54) is 0 Å². The lowest BCUT2D eigenvalue weighted by Gasteiger charge is -2.36. The number of likely N-dealkylation sites (tertiary alicyclic amines) is 1. The Morgan fingerprint density at radius 1 is 1.45 bits per heavy atom. The fourth-order valence-corrected chi connectivity index (χ4v) is 2.86. The molecule has 1 heterocycles. The highest BCUT2D eigenvalue weighted by atomic mass is 16.5. The van der Waals surface area contributed by atoms with Crippen molar-refractivity contribution in [3.63, 3.8) is 0 Å². The van der Waals surface area contributed by atoms with Gasteiger partial charge < -0.3 is 14.9 Å². The molecular formula is C16H25NO3. The Morgan fingerprint density at radius 2 is 2.25 bits per heavy atom. The van der Waals surface area contributed by atoms with Crippen LogP contribution in [0.1, 0.15) is 31.4 Å². The molecule has 1 aliphatic heterocycles. The zero-order valence-electron chi connectivity index (χ0n) is 12.3. The number of hydrogen-bond donors (Lipinski definition) is 2. The van der Waals surface area contributed by atoms with E-state index >= 15 is 0 Å². The molecule has 0 bridgehead atoms. The van der Waals surface area contributed by atoms with E-state index in [0.29, 0.717) is 12.5 Å². The van der Waals surface area contributed by atoms with Gasteiger partial charge in [-0.05, 0) is 36.5 Å². The summed E-state index contributed by atoms with van der Waals surface area (Å²) in [5, 5.41) is 20.3. The van der Waals surface area contributed by atoms with Gasteiger partial charge in [0, 0.05) is 19.6 Å². The standard InChI is InChI=1S/C16H25NO3/c1-3-12-10-17(8-7-15(12)18)11-16(19)13-5-4-6-14(9-13)20-2/h4-6,9,12,15-16,18-19H,3,7-8,10-11H2,1-2H3. The Bertz CT molecular complexity index is 424. The molecule has 0 radical (unpaired) electrons. The molecule has 1 aromatic carbocycles. The summed E-state index contributed by atoms with van der Waals surface area (Å²) >= 11 is 0. The number of β-amino-alcohol motifs (C(OH)–C–C–N with tert-alkyl or cyclic N) is 1. The van der Waals surface area contributed by atoms with Crippen LogP contribution in [0.2, 0.25) is 0 Å². The molecule has 112 valence electrons. The number of ether oxygens (including phenoxy) is 1. The minimum Gasteiger partial charge on any atom is -0.497 e. The quantitative estimate of drug-likeness (QED) is 0.863. The molecule has 3 unspecified atom stereocenters. The second-order valence-electron chi connectivity index (χ2n) is 5.58. The van der Waals surface area contributed by atoms with Crippen molar-refractivity contribution in [1.29, 1.82) is 0 Å². The number of methoxy groups -OCH3 is 1. The van der Waals surface area contributed by atoms with Crippen molar-refractivity contribution in [1.82, 2.24) is 4.90 Å². The van der Waals surface area contributed by atoms with Crippen LogP contribution in [-0.2, 0) is 0 Å².